The molecule has 168 valence electrons. The van der Waals surface area contributed by atoms with Crippen molar-refractivity contribution < 1.29 is 8.42 Å². The summed E-state index contributed by atoms with van der Waals surface area (Å²) in [6.07, 6.45) is 0. The van der Waals surface area contributed by atoms with Crippen LogP contribution in [0.25, 0.3) is 16.7 Å². The average Bonchev–Trinajstić information content (AvgIpc) is 3.36. The molecule has 0 aliphatic heterocycles. The number of fused-ring (bicyclic) bond motifs is 1. The third-order valence-electron chi connectivity index (χ3n) is 5.26. The SMILES string of the molecule is CCn1c(CSc2nnnn2-c2cc(C)ccc2C)nc2cc(S(=O)(=O)N(C)C)ccc21. The first-order valence-corrected chi connectivity index (χ1v) is 12.6. The molecule has 0 amide bonds. The molecule has 2 aromatic carbocycles. The number of imidazole rings is 1. The minimum Gasteiger partial charge on any atom is -0.328 e. The Morgan fingerprint density at radius 2 is 1.88 bits per heavy atom. The van der Waals surface area contributed by atoms with Crippen LogP contribution in [0, 0.1) is 13.8 Å². The molecule has 0 unspecified atom stereocenters. The maximum atomic E-state index is 12.5. The summed E-state index contributed by atoms with van der Waals surface area (Å²) >= 11 is 1.49. The average molecular weight is 472 g/mol. The molecule has 0 atom stereocenters. The molecule has 0 bridgehead atoms. The van der Waals surface area contributed by atoms with E-state index in [0.717, 1.165) is 28.2 Å². The van der Waals surface area contributed by atoms with Crippen LogP contribution in [0.2, 0.25) is 0 Å². The molecule has 4 rings (SSSR count). The first-order chi connectivity index (χ1) is 15.2. The predicted octanol–water partition coefficient (Wildman–Crippen LogP) is 3.19. The van der Waals surface area contributed by atoms with E-state index in [4.69, 9.17) is 4.98 Å². The highest BCUT2D eigenvalue weighted by atomic mass is 32.2. The van der Waals surface area contributed by atoms with E-state index in [2.05, 4.69) is 38.3 Å². The third kappa shape index (κ3) is 4.03. The topological polar surface area (TPSA) is 98.8 Å². The lowest BCUT2D eigenvalue weighted by Gasteiger charge is -2.11. The Morgan fingerprint density at radius 1 is 1.09 bits per heavy atom. The van der Waals surface area contributed by atoms with Gasteiger partial charge in [0.05, 0.1) is 27.4 Å². The van der Waals surface area contributed by atoms with Gasteiger partial charge in [-0.2, -0.15) is 4.68 Å². The van der Waals surface area contributed by atoms with Gasteiger partial charge in [-0.25, -0.2) is 17.7 Å². The first kappa shape index (κ1) is 22.4. The van der Waals surface area contributed by atoms with Crippen molar-refractivity contribution in [3.8, 4) is 5.69 Å². The molecule has 4 aromatic rings. The fourth-order valence-electron chi connectivity index (χ4n) is 3.49. The summed E-state index contributed by atoms with van der Waals surface area (Å²) in [6, 6.07) is 11.2. The van der Waals surface area contributed by atoms with Crippen LogP contribution in [-0.4, -0.2) is 56.6 Å². The van der Waals surface area contributed by atoms with Gasteiger partial charge in [-0.3, -0.25) is 0 Å². The molecule has 2 aromatic heterocycles. The van der Waals surface area contributed by atoms with Crippen molar-refractivity contribution in [1.82, 2.24) is 34.1 Å². The molecule has 0 N–H and O–H groups in total. The number of hydrogen-bond acceptors (Lipinski definition) is 7. The summed E-state index contributed by atoms with van der Waals surface area (Å²) in [6.45, 7) is 6.82. The highest BCUT2D eigenvalue weighted by Gasteiger charge is 2.20. The van der Waals surface area contributed by atoms with Crippen molar-refractivity contribution in [3.05, 3.63) is 53.3 Å². The zero-order valence-corrected chi connectivity index (χ0v) is 20.3. The molecule has 2 heterocycles. The Hall–Kier alpha value is -2.76. The van der Waals surface area contributed by atoms with E-state index in [-0.39, 0.29) is 4.90 Å². The van der Waals surface area contributed by atoms with Crippen molar-refractivity contribution in [2.24, 2.45) is 0 Å². The lowest BCUT2D eigenvalue weighted by atomic mass is 10.1. The monoisotopic (exact) mass is 471 g/mol. The van der Waals surface area contributed by atoms with E-state index in [9.17, 15) is 8.42 Å². The van der Waals surface area contributed by atoms with Crippen molar-refractivity contribution in [3.63, 3.8) is 0 Å². The number of thioether (sulfide) groups is 1. The van der Waals surface area contributed by atoms with E-state index in [1.807, 2.05) is 26.8 Å². The van der Waals surface area contributed by atoms with Gasteiger partial charge in [-0.05, 0) is 66.6 Å². The third-order valence-corrected chi connectivity index (χ3v) is 7.98. The lowest BCUT2D eigenvalue weighted by molar-refractivity contribution is 0.521. The largest absolute Gasteiger partial charge is 0.328 e. The number of aryl methyl sites for hydroxylation is 3. The molecule has 0 aliphatic rings. The molecular formula is C21H25N7O2S2. The van der Waals surface area contributed by atoms with Crippen molar-refractivity contribution in [2.45, 2.75) is 43.1 Å². The molecule has 0 radical (unpaired) electrons. The summed E-state index contributed by atoms with van der Waals surface area (Å²) in [5, 5.41) is 12.9. The molecule has 0 fully saturated rings. The van der Waals surface area contributed by atoms with Gasteiger partial charge in [0.2, 0.25) is 15.2 Å². The van der Waals surface area contributed by atoms with Crippen molar-refractivity contribution >= 4 is 32.8 Å². The number of sulfonamides is 1. The summed E-state index contributed by atoms with van der Waals surface area (Å²) in [5.41, 5.74) is 4.71. The van der Waals surface area contributed by atoms with Crippen LogP contribution in [-0.2, 0) is 22.3 Å². The van der Waals surface area contributed by atoms with Gasteiger partial charge in [-0.15, -0.1) is 5.10 Å². The zero-order valence-electron chi connectivity index (χ0n) is 18.6. The fourth-order valence-corrected chi connectivity index (χ4v) is 5.24. The zero-order chi connectivity index (χ0) is 23.0. The highest BCUT2D eigenvalue weighted by Crippen LogP contribution is 2.27. The normalized spacial score (nSPS) is 12.2. The van der Waals surface area contributed by atoms with Crippen LogP contribution >= 0.6 is 11.8 Å². The maximum absolute atomic E-state index is 12.5. The van der Waals surface area contributed by atoms with Gasteiger partial charge in [-0.1, -0.05) is 23.9 Å². The van der Waals surface area contributed by atoms with Gasteiger partial charge < -0.3 is 4.57 Å². The summed E-state index contributed by atoms with van der Waals surface area (Å²) in [5.74, 6) is 1.38. The number of tetrazole rings is 1. The van der Waals surface area contributed by atoms with E-state index < -0.39 is 10.0 Å². The number of nitrogens with zero attached hydrogens (tertiary/aromatic N) is 7. The van der Waals surface area contributed by atoms with Crippen LogP contribution in [0.5, 0.6) is 0 Å². The number of rotatable bonds is 7. The van der Waals surface area contributed by atoms with Crippen LogP contribution in [0.3, 0.4) is 0 Å². The van der Waals surface area contributed by atoms with Gasteiger partial charge >= 0.3 is 0 Å². The molecule has 9 nitrogen and oxygen atoms in total. The van der Waals surface area contributed by atoms with E-state index in [1.54, 1.807) is 16.8 Å². The minimum absolute atomic E-state index is 0.230. The molecule has 32 heavy (non-hydrogen) atoms. The Kier molecular flexibility index (Phi) is 6.06. The summed E-state index contributed by atoms with van der Waals surface area (Å²) in [7, 11) is -0.481. The van der Waals surface area contributed by atoms with Crippen LogP contribution < -0.4 is 0 Å². The fraction of sp³-hybridized carbons (Fsp3) is 0.333. The van der Waals surface area contributed by atoms with Gasteiger partial charge in [0.25, 0.3) is 0 Å². The van der Waals surface area contributed by atoms with E-state index in [0.29, 0.717) is 23.0 Å². The molecule has 0 spiro atoms. The standard InChI is InChI=1S/C21H25N7O2S2/c1-6-27-18-10-9-16(32(29,30)26(4)5)12-17(18)22-20(27)13-31-21-23-24-25-28(21)19-11-14(2)7-8-15(19)3/h7-12H,6,13H2,1-5H3. The molecule has 11 heteroatoms. The first-order valence-electron chi connectivity index (χ1n) is 10.1. The molecule has 0 saturated heterocycles. The second-order valence-electron chi connectivity index (χ2n) is 7.66. The number of benzene rings is 2. The summed E-state index contributed by atoms with van der Waals surface area (Å²) < 4.78 is 30.0. The Labute approximate surface area is 191 Å². The molecule has 0 aliphatic carbocycles. The quantitative estimate of drug-likeness (QED) is 0.382. The Balaban J connectivity index is 1.66. The van der Waals surface area contributed by atoms with E-state index in [1.165, 1.54) is 30.2 Å². The smallest absolute Gasteiger partial charge is 0.242 e. The number of aromatic nitrogens is 6. The van der Waals surface area contributed by atoms with Crippen LogP contribution in [0.1, 0.15) is 23.9 Å². The minimum atomic E-state index is -3.52. The van der Waals surface area contributed by atoms with Crippen molar-refractivity contribution in [2.75, 3.05) is 14.1 Å². The Morgan fingerprint density at radius 3 is 2.59 bits per heavy atom. The van der Waals surface area contributed by atoms with Gasteiger partial charge in [0.1, 0.15) is 5.82 Å². The molecule has 0 saturated carbocycles. The van der Waals surface area contributed by atoms with Crippen LogP contribution in [0.15, 0.2) is 46.5 Å². The van der Waals surface area contributed by atoms with Crippen LogP contribution in [0.4, 0.5) is 0 Å². The maximum Gasteiger partial charge on any atom is 0.242 e. The number of hydrogen-bond donors (Lipinski definition) is 0. The highest BCUT2D eigenvalue weighted by molar-refractivity contribution is 7.98. The van der Waals surface area contributed by atoms with E-state index >= 15 is 0 Å². The lowest BCUT2D eigenvalue weighted by Crippen LogP contribution is -2.22. The van der Waals surface area contributed by atoms with Gasteiger partial charge in [0, 0.05) is 20.6 Å². The Bertz CT molecular complexity index is 1390. The van der Waals surface area contributed by atoms with Gasteiger partial charge in [0.15, 0.2) is 0 Å². The van der Waals surface area contributed by atoms with Crippen molar-refractivity contribution in [1.29, 1.82) is 0 Å². The second kappa shape index (κ2) is 8.64. The second-order valence-corrected chi connectivity index (χ2v) is 10.8. The summed E-state index contributed by atoms with van der Waals surface area (Å²) in [4.78, 5) is 4.96. The molecular weight excluding hydrogens is 446 g/mol. The predicted molar refractivity (Wildman–Crippen MR) is 124 cm³/mol.